The number of aryl methyl sites for hydroxylation is 1. The molecule has 248 valence electrons. The molecule has 52 heavy (non-hydrogen) atoms. The number of fused-ring (bicyclic) bond motifs is 3. The molecule has 0 bridgehead atoms. The Hall–Kier alpha value is -6.79. The molecule has 0 spiro atoms. The summed E-state index contributed by atoms with van der Waals surface area (Å²) in [6.07, 6.45) is 0. The first-order chi connectivity index (χ1) is 25.5. The molecule has 0 N–H and O–H groups in total. The van der Waals surface area contributed by atoms with E-state index < -0.39 is 11.6 Å². The van der Waals surface area contributed by atoms with Gasteiger partial charge in [0, 0.05) is 33.0 Å². The number of aromatic nitrogens is 4. The van der Waals surface area contributed by atoms with E-state index in [1.54, 1.807) is 6.07 Å². The van der Waals surface area contributed by atoms with Gasteiger partial charge in [0.25, 0.3) is 0 Å². The average molecular weight is 677 g/mol. The summed E-state index contributed by atoms with van der Waals surface area (Å²) in [5, 5.41) is 2.18. The summed E-state index contributed by atoms with van der Waals surface area (Å²) in [6.45, 7) is 2.10. The van der Waals surface area contributed by atoms with E-state index in [0.29, 0.717) is 28.6 Å². The lowest BCUT2D eigenvalue weighted by Crippen LogP contribution is -2.04. The van der Waals surface area contributed by atoms with E-state index in [1.807, 2.05) is 91.0 Å². The molecule has 2 aromatic heterocycles. The molecule has 2 heterocycles. The zero-order valence-corrected chi connectivity index (χ0v) is 28.1. The van der Waals surface area contributed by atoms with Gasteiger partial charge in [0.1, 0.15) is 0 Å². The Bertz CT molecular complexity index is 2720. The average Bonchev–Trinajstić information content (AvgIpc) is 3.53. The summed E-state index contributed by atoms with van der Waals surface area (Å²) in [4.78, 5) is 15.0. The maximum absolute atomic E-state index is 15.4. The van der Waals surface area contributed by atoms with Crippen molar-refractivity contribution in [2.24, 2.45) is 0 Å². The minimum atomic E-state index is -0.910. The highest BCUT2D eigenvalue weighted by molar-refractivity contribution is 6.11. The first kappa shape index (κ1) is 31.2. The molecule has 0 saturated carbocycles. The molecule has 0 unspecified atom stereocenters. The topological polar surface area (TPSA) is 43.6 Å². The third-order valence-corrected chi connectivity index (χ3v) is 9.46. The lowest BCUT2D eigenvalue weighted by molar-refractivity contribution is 0.511. The second-order valence-corrected chi connectivity index (χ2v) is 12.8. The van der Waals surface area contributed by atoms with E-state index >= 15 is 4.39 Å². The smallest absolute Gasteiger partial charge is 0.166 e. The highest BCUT2D eigenvalue weighted by Crippen LogP contribution is 2.40. The van der Waals surface area contributed by atoms with Gasteiger partial charge in [0.2, 0.25) is 0 Å². The van der Waals surface area contributed by atoms with Crippen molar-refractivity contribution >= 4 is 21.8 Å². The quantitative estimate of drug-likeness (QED) is 0.176. The van der Waals surface area contributed by atoms with Gasteiger partial charge >= 0.3 is 0 Å². The molecule has 0 aliphatic heterocycles. The van der Waals surface area contributed by atoms with E-state index in [0.717, 1.165) is 55.8 Å². The van der Waals surface area contributed by atoms with E-state index in [2.05, 4.69) is 66.1 Å². The summed E-state index contributed by atoms with van der Waals surface area (Å²) in [5.74, 6) is -0.408. The van der Waals surface area contributed by atoms with Crippen molar-refractivity contribution in [3.63, 3.8) is 0 Å². The van der Waals surface area contributed by atoms with Gasteiger partial charge in [-0.2, -0.15) is 0 Å². The van der Waals surface area contributed by atoms with Gasteiger partial charge in [-0.1, -0.05) is 133 Å². The van der Waals surface area contributed by atoms with Crippen molar-refractivity contribution in [3.8, 4) is 62.1 Å². The van der Waals surface area contributed by atoms with Gasteiger partial charge in [-0.25, -0.2) is 23.7 Å². The second-order valence-electron chi connectivity index (χ2n) is 12.8. The number of nitrogens with zero attached hydrogens (tertiary/aromatic N) is 4. The molecular formula is C46H30F2N4. The van der Waals surface area contributed by atoms with Crippen molar-refractivity contribution in [3.05, 3.63) is 181 Å². The van der Waals surface area contributed by atoms with Crippen LogP contribution in [-0.4, -0.2) is 19.5 Å². The van der Waals surface area contributed by atoms with Gasteiger partial charge in [-0.15, -0.1) is 0 Å². The molecule has 0 radical (unpaired) electrons. The number of rotatable bonds is 6. The Morgan fingerprint density at radius 3 is 1.75 bits per heavy atom. The standard InChI is InChI=1S/C46H30F2N4/c1-29-12-10-17-32(26-29)33-22-24-41-37(27-33)36-18-8-9-21-40(36)52(41)42-25-23-34(35-19-11-20-39(47)43(35)48)28-38(42)46-50-44(30-13-4-2-5-14-30)49-45(51-46)31-15-6-3-7-16-31/h2-28H,1H3. The number of hydrogen-bond donors (Lipinski definition) is 0. The van der Waals surface area contributed by atoms with Crippen molar-refractivity contribution in [1.82, 2.24) is 19.5 Å². The van der Waals surface area contributed by atoms with Crippen LogP contribution in [0, 0.1) is 18.6 Å². The zero-order valence-electron chi connectivity index (χ0n) is 28.1. The van der Waals surface area contributed by atoms with Crippen LogP contribution in [0.4, 0.5) is 8.78 Å². The summed E-state index contributed by atoms with van der Waals surface area (Å²) in [5.41, 5.74) is 9.19. The zero-order chi connectivity index (χ0) is 35.2. The predicted molar refractivity (Wildman–Crippen MR) is 206 cm³/mol. The highest BCUT2D eigenvalue weighted by Gasteiger charge is 2.21. The largest absolute Gasteiger partial charge is 0.309 e. The van der Waals surface area contributed by atoms with Gasteiger partial charge in [0.05, 0.1) is 16.7 Å². The molecule has 0 saturated heterocycles. The molecule has 6 heteroatoms. The van der Waals surface area contributed by atoms with Crippen LogP contribution in [0.3, 0.4) is 0 Å². The molecule has 0 atom stereocenters. The number of halogens is 2. The van der Waals surface area contributed by atoms with Crippen LogP contribution in [0.15, 0.2) is 164 Å². The fourth-order valence-electron chi connectivity index (χ4n) is 6.97. The van der Waals surface area contributed by atoms with Crippen molar-refractivity contribution in [1.29, 1.82) is 0 Å². The summed E-state index contributed by atoms with van der Waals surface area (Å²) >= 11 is 0. The van der Waals surface area contributed by atoms with Gasteiger partial charge in [0.15, 0.2) is 29.1 Å². The lowest BCUT2D eigenvalue weighted by Gasteiger charge is -2.16. The monoisotopic (exact) mass is 676 g/mol. The van der Waals surface area contributed by atoms with E-state index in [-0.39, 0.29) is 5.56 Å². The van der Waals surface area contributed by atoms with Crippen LogP contribution < -0.4 is 0 Å². The molecule has 0 aliphatic rings. The van der Waals surface area contributed by atoms with Crippen molar-refractivity contribution in [2.75, 3.05) is 0 Å². The van der Waals surface area contributed by atoms with E-state index in [4.69, 9.17) is 15.0 Å². The SMILES string of the molecule is Cc1cccc(-c2ccc3c(c2)c2ccccc2n3-c2ccc(-c3cccc(F)c3F)cc2-c2nc(-c3ccccc3)nc(-c3ccccc3)n2)c1. The molecule has 4 nitrogen and oxygen atoms in total. The lowest BCUT2D eigenvalue weighted by atomic mass is 10.00. The Balaban J connectivity index is 1.35. The van der Waals surface area contributed by atoms with Crippen molar-refractivity contribution in [2.45, 2.75) is 6.92 Å². The van der Waals surface area contributed by atoms with E-state index in [9.17, 15) is 4.39 Å². The maximum Gasteiger partial charge on any atom is 0.166 e. The molecule has 0 aliphatic carbocycles. The van der Waals surface area contributed by atoms with Gasteiger partial charge in [-0.3, -0.25) is 0 Å². The second kappa shape index (κ2) is 12.8. The van der Waals surface area contributed by atoms with Crippen LogP contribution in [0.2, 0.25) is 0 Å². The fraction of sp³-hybridized carbons (Fsp3) is 0.0217. The Morgan fingerprint density at radius 1 is 0.423 bits per heavy atom. The molecular weight excluding hydrogens is 647 g/mol. The number of benzene rings is 7. The Morgan fingerprint density at radius 2 is 1.02 bits per heavy atom. The first-order valence-corrected chi connectivity index (χ1v) is 17.1. The van der Waals surface area contributed by atoms with Crippen LogP contribution in [0.5, 0.6) is 0 Å². The fourth-order valence-corrected chi connectivity index (χ4v) is 6.97. The molecule has 7 aromatic carbocycles. The minimum absolute atomic E-state index is 0.151. The Labute approximate surface area is 299 Å². The predicted octanol–water partition coefficient (Wildman–Crippen LogP) is 11.9. The first-order valence-electron chi connectivity index (χ1n) is 17.1. The number of para-hydroxylation sites is 1. The molecule has 0 fully saturated rings. The van der Waals surface area contributed by atoms with Crippen LogP contribution in [-0.2, 0) is 0 Å². The molecule has 0 amide bonds. The normalized spacial score (nSPS) is 11.4. The summed E-state index contributed by atoms with van der Waals surface area (Å²) in [7, 11) is 0. The summed E-state index contributed by atoms with van der Waals surface area (Å²) < 4.78 is 32.2. The van der Waals surface area contributed by atoms with E-state index in [1.165, 1.54) is 11.6 Å². The third kappa shape index (κ3) is 5.51. The maximum atomic E-state index is 15.4. The molecule has 9 rings (SSSR count). The van der Waals surface area contributed by atoms with Gasteiger partial charge < -0.3 is 4.57 Å². The highest BCUT2D eigenvalue weighted by atomic mass is 19.2. The third-order valence-electron chi connectivity index (χ3n) is 9.46. The van der Waals surface area contributed by atoms with Crippen molar-refractivity contribution < 1.29 is 8.78 Å². The van der Waals surface area contributed by atoms with Gasteiger partial charge in [-0.05, 0) is 60.0 Å². The molecule has 9 aromatic rings. The Kier molecular flexibility index (Phi) is 7.70. The van der Waals surface area contributed by atoms with Crippen LogP contribution in [0.1, 0.15) is 5.56 Å². The van der Waals surface area contributed by atoms with Crippen LogP contribution in [0.25, 0.3) is 83.9 Å². The minimum Gasteiger partial charge on any atom is -0.309 e. The van der Waals surface area contributed by atoms with Crippen LogP contribution >= 0.6 is 0 Å². The summed E-state index contributed by atoms with van der Waals surface area (Å²) in [6, 6.07) is 52.8. The number of hydrogen-bond acceptors (Lipinski definition) is 3.